The third-order valence-electron chi connectivity index (χ3n) is 3.07. The maximum Gasteiger partial charge on any atom is 0.235 e. The van der Waals surface area contributed by atoms with Gasteiger partial charge in [-0.1, -0.05) is 18.5 Å². The summed E-state index contributed by atoms with van der Waals surface area (Å²) >= 11 is 7.40. The molecule has 0 saturated heterocycles. The van der Waals surface area contributed by atoms with Gasteiger partial charge in [0.25, 0.3) is 0 Å². The minimum atomic E-state index is -0.0785. The van der Waals surface area contributed by atoms with Gasteiger partial charge in [0.05, 0.1) is 5.25 Å². The molecule has 100 valence electrons. The molecule has 1 amide bonds. The van der Waals surface area contributed by atoms with Crippen molar-refractivity contribution in [3.63, 3.8) is 0 Å². The minimum Gasteiger partial charge on any atom is -0.342 e. The zero-order valence-electron chi connectivity index (χ0n) is 11.3. The van der Waals surface area contributed by atoms with E-state index in [0.29, 0.717) is 0 Å². The first kappa shape index (κ1) is 15.4. The lowest BCUT2D eigenvalue weighted by molar-refractivity contribution is -0.130. The van der Waals surface area contributed by atoms with E-state index in [0.717, 1.165) is 16.3 Å². The first-order chi connectivity index (χ1) is 8.45. The lowest BCUT2D eigenvalue weighted by Gasteiger charge is -2.26. The van der Waals surface area contributed by atoms with Crippen LogP contribution < -0.4 is 0 Å². The lowest BCUT2D eigenvalue weighted by atomic mass is 10.2. The van der Waals surface area contributed by atoms with Crippen molar-refractivity contribution in [2.24, 2.45) is 0 Å². The number of halogens is 1. The van der Waals surface area contributed by atoms with Crippen LogP contribution in [0.25, 0.3) is 0 Å². The van der Waals surface area contributed by atoms with Gasteiger partial charge in [0, 0.05) is 23.0 Å². The molecule has 0 bridgehead atoms. The highest BCUT2D eigenvalue weighted by atomic mass is 35.5. The van der Waals surface area contributed by atoms with Crippen molar-refractivity contribution in [2.75, 3.05) is 7.05 Å². The Bertz CT molecular complexity index is 393. The summed E-state index contributed by atoms with van der Waals surface area (Å²) in [4.78, 5) is 15.1. The van der Waals surface area contributed by atoms with Gasteiger partial charge in [-0.25, -0.2) is 0 Å². The van der Waals surface area contributed by atoms with Gasteiger partial charge in [0.2, 0.25) is 5.91 Å². The molecule has 18 heavy (non-hydrogen) atoms. The summed E-state index contributed by atoms with van der Waals surface area (Å²) in [5.41, 5.74) is 0. The fraction of sp³-hybridized carbons (Fsp3) is 0.500. The van der Waals surface area contributed by atoms with E-state index in [-0.39, 0.29) is 17.2 Å². The molecule has 2 nitrogen and oxygen atoms in total. The van der Waals surface area contributed by atoms with Gasteiger partial charge in [0.1, 0.15) is 0 Å². The van der Waals surface area contributed by atoms with E-state index in [1.165, 1.54) is 0 Å². The number of carbonyl (C=O) groups excluding carboxylic acids is 1. The third kappa shape index (κ3) is 4.21. The number of rotatable bonds is 5. The highest BCUT2D eigenvalue weighted by Gasteiger charge is 2.21. The van der Waals surface area contributed by atoms with Crippen molar-refractivity contribution in [2.45, 2.75) is 43.4 Å². The zero-order valence-corrected chi connectivity index (χ0v) is 12.9. The van der Waals surface area contributed by atoms with Crippen molar-refractivity contribution < 1.29 is 4.79 Å². The molecule has 1 rings (SSSR count). The molecule has 0 N–H and O–H groups in total. The molecule has 0 spiro atoms. The van der Waals surface area contributed by atoms with Gasteiger partial charge < -0.3 is 4.90 Å². The first-order valence-electron chi connectivity index (χ1n) is 6.14. The fourth-order valence-corrected chi connectivity index (χ4v) is 2.64. The van der Waals surface area contributed by atoms with Gasteiger partial charge in [-0.2, -0.15) is 0 Å². The molecule has 0 aliphatic carbocycles. The maximum atomic E-state index is 12.2. The second kappa shape index (κ2) is 7.05. The summed E-state index contributed by atoms with van der Waals surface area (Å²) in [6.45, 7) is 6.10. The fourth-order valence-electron chi connectivity index (χ4n) is 1.55. The number of thioether (sulfide) groups is 1. The van der Waals surface area contributed by atoms with E-state index in [1.807, 2.05) is 43.1 Å². The van der Waals surface area contributed by atoms with Crippen molar-refractivity contribution in [1.29, 1.82) is 0 Å². The molecule has 1 aromatic rings. The van der Waals surface area contributed by atoms with Crippen LogP contribution in [0.4, 0.5) is 0 Å². The Kier molecular flexibility index (Phi) is 6.03. The Morgan fingerprint density at radius 1 is 1.33 bits per heavy atom. The molecule has 0 aromatic heterocycles. The van der Waals surface area contributed by atoms with Crippen LogP contribution in [-0.4, -0.2) is 29.1 Å². The lowest BCUT2D eigenvalue weighted by Crippen LogP contribution is -2.39. The van der Waals surface area contributed by atoms with Gasteiger partial charge >= 0.3 is 0 Å². The van der Waals surface area contributed by atoms with Crippen LogP contribution in [-0.2, 0) is 4.79 Å². The first-order valence-corrected chi connectivity index (χ1v) is 7.40. The van der Waals surface area contributed by atoms with Gasteiger partial charge in [-0.3, -0.25) is 4.79 Å². The van der Waals surface area contributed by atoms with E-state index < -0.39 is 0 Å². The molecule has 0 fully saturated rings. The monoisotopic (exact) mass is 285 g/mol. The van der Waals surface area contributed by atoms with Crippen molar-refractivity contribution in [3.8, 4) is 0 Å². The van der Waals surface area contributed by atoms with Crippen LogP contribution in [0.1, 0.15) is 27.2 Å². The number of carbonyl (C=O) groups is 1. The van der Waals surface area contributed by atoms with Gasteiger partial charge in [0.15, 0.2) is 0 Å². The van der Waals surface area contributed by atoms with E-state index in [4.69, 9.17) is 11.6 Å². The van der Waals surface area contributed by atoms with Crippen molar-refractivity contribution >= 4 is 29.3 Å². The van der Waals surface area contributed by atoms with E-state index in [2.05, 4.69) is 13.8 Å². The Morgan fingerprint density at radius 2 is 1.89 bits per heavy atom. The molecule has 0 aliphatic heterocycles. The zero-order chi connectivity index (χ0) is 13.7. The smallest absolute Gasteiger partial charge is 0.235 e. The molecule has 0 saturated carbocycles. The molecular weight excluding hydrogens is 266 g/mol. The Labute approximate surface area is 119 Å². The number of nitrogens with zero attached hydrogens (tertiary/aromatic N) is 1. The molecule has 2 unspecified atom stereocenters. The van der Waals surface area contributed by atoms with Gasteiger partial charge in [-0.05, 0) is 44.5 Å². The summed E-state index contributed by atoms with van der Waals surface area (Å²) in [7, 11) is 1.87. The molecular formula is C14H20ClNOS. The topological polar surface area (TPSA) is 20.3 Å². The summed E-state index contributed by atoms with van der Waals surface area (Å²) < 4.78 is 0. The molecule has 0 heterocycles. The highest BCUT2D eigenvalue weighted by molar-refractivity contribution is 8.00. The summed E-state index contributed by atoms with van der Waals surface area (Å²) in [5.74, 6) is 0.171. The number of amides is 1. The Hall–Kier alpha value is -0.670. The molecule has 0 radical (unpaired) electrons. The molecule has 1 aromatic carbocycles. The van der Waals surface area contributed by atoms with Crippen LogP contribution in [0.15, 0.2) is 29.2 Å². The largest absolute Gasteiger partial charge is 0.342 e. The predicted octanol–water partition coefficient (Wildman–Crippen LogP) is 4.08. The average molecular weight is 286 g/mol. The molecule has 4 heteroatoms. The summed E-state index contributed by atoms with van der Waals surface area (Å²) in [6.07, 6.45) is 0.973. The average Bonchev–Trinajstić information content (AvgIpc) is 2.38. The predicted molar refractivity (Wildman–Crippen MR) is 79.3 cm³/mol. The van der Waals surface area contributed by atoms with Crippen LogP contribution in [0.2, 0.25) is 5.02 Å². The van der Waals surface area contributed by atoms with Crippen molar-refractivity contribution in [3.05, 3.63) is 29.3 Å². The van der Waals surface area contributed by atoms with Crippen LogP contribution in [0, 0.1) is 0 Å². The number of hydrogen-bond acceptors (Lipinski definition) is 2. The van der Waals surface area contributed by atoms with Crippen LogP contribution in [0.5, 0.6) is 0 Å². The van der Waals surface area contributed by atoms with E-state index in [1.54, 1.807) is 11.8 Å². The number of benzene rings is 1. The highest BCUT2D eigenvalue weighted by Crippen LogP contribution is 2.26. The second-order valence-electron chi connectivity index (χ2n) is 4.42. The van der Waals surface area contributed by atoms with E-state index >= 15 is 0 Å². The Morgan fingerprint density at radius 3 is 2.39 bits per heavy atom. The maximum absolute atomic E-state index is 12.2. The van der Waals surface area contributed by atoms with Gasteiger partial charge in [-0.15, -0.1) is 11.8 Å². The normalized spacial score (nSPS) is 14.1. The summed E-state index contributed by atoms with van der Waals surface area (Å²) in [5, 5.41) is 0.639. The minimum absolute atomic E-state index is 0.0785. The third-order valence-corrected chi connectivity index (χ3v) is 4.43. The van der Waals surface area contributed by atoms with Crippen molar-refractivity contribution in [1.82, 2.24) is 4.90 Å². The summed E-state index contributed by atoms with van der Waals surface area (Å²) in [6, 6.07) is 7.87. The van der Waals surface area contributed by atoms with E-state index in [9.17, 15) is 4.79 Å². The second-order valence-corrected chi connectivity index (χ2v) is 6.27. The molecule has 0 aliphatic rings. The SMILES string of the molecule is CCC(C)N(C)C(=O)C(C)Sc1ccc(Cl)cc1. The van der Waals surface area contributed by atoms with Crippen LogP contribution >= 0.6 is 23.4 Å². The standard InChI is InChI=1S/C14H20ClNOS/c1-5-10(2)16(4)14(17)11(3)18-13-8-6-12(15)7-9-13/h6-11H,5H2,1-4H3. The number of hydrogen-bond donors (Lipinski definition) is 0. The van der Waals surface area contributed by atoms with Crippen LogP contribution in [0.3, 0.4) is 0 Å². The Balaban J connectivity index is 2.62. The molecule has 2 atom stereocenters. The quantitative estimate of drug-likeness (QED) is 0.760.